The molecule has 0 saturated carbocycles. The summed E-state index contributed by atoms with van der Waals surface area (Å²) in [5, 5.41) is 13.0. The van der Waals surface area contributed by atoms with Gasteiger partial charge in [-0.25, -0.2) is 4.79 Å². The van der Waals surface area contributed by atoms with Gasteiger partial charge in [-0.1, -0.05) is 5.16 Å². The fourth-order valence-electron chi connectivity index (χ4n) is 2.77. The van der Waals surface area contributed by atoms with Gasteiger partial charge in [0.05, 0.1) is 0 Å². The molecule has 1 aliphatic rings. The van der Waals surface area contributed by atoms with Crippen LogP contribution in [0.3, 0.4) is 0 Å². The van der Waals surface area contributed by atoms with Gasteiger partial charge in [0.2, 0.25) is 0 Å². The number of hydrogen-bond donors (Lipinski definition) is 1. The minimum absolute atomic E-state index is 0.259. The molecule has 0 radical (unpaired) electrons. The molecule has 1 saturated heterocycles. The number of hydrogen-bond acceptors (Lipinski definition) is 5. The molecule has 1 atom stereocenters. The quantitative estimate of drug-likeness (QED) is 0.932. The number of aromatic nitrogens is 2. The second-order valence-electron chi connectivity index (χ2n) is 5.57. The second-order valence-corrected chi connectivity index (χ2v) is 5.57. The van der Waals surface area contributed by atoms with Crippen molar-refractivity contribution in [3.63, 3.8) is 0 Å². The molecule has 0 aliphatic carbocycles. The summed E-state index contributed by atoms with van der Waals surface area (Å²) in [7, 11) is 0. The minimum Gasteiger partial charge on any atom is -0.480 e. The van der Waals surface area contributed by atoms with Crippen molar-refractivity contribution < 1.29 is 19.2 Å². The average molecular weight is 315 g/mol. The smallest absolute Gasteiger partial charge is 0.326 e. The van der Waals surface area contributed by atoms with E-state index < -0.39 is 12.0 Å². The monoisotopic (exact) mass is 315 g/mol. The molecule has 1 aromatic carbocycles. The number of nitrogens with zero attached hydrogens (tertiary/aromatic N) is 3. The molecule has 1 amide bonds. The summed E-state index contributed by atoms with van der Waals surface area (Å²) in [4.78, 5) is 29.5. The van der Waals surface area contributed by atoms with Gasteiger partial charge in [-0.05, 0) is 50.5 Å². The standard InChI is InChI=1S/C16H17N3O4/c1-10-17-14(23-18-10)11-5-7-12(8-6-11)15(20)19-9-3-2-4-13(19)16(21)22/h5-8,13H,2-4,9H2,1H3,(H,21,22). The van der Waals surface area contributed by atoms with Crippen LogP contribution in [0.5, 0.6) is 0 Å². The highest BCUT2D eigenvalue weighted by atomic mass is 16.5. The van der Waals surface area contributed by atoms with Crippen LogP contribution in [0.15, 0.2) is 28.8 Å². The topological polar surface area (TPSA) is 96.5 Å². The van der Waals surface area contributed by atoms with E-state index in [0.717, 1.165) is 18.4 Å². The van der Waals surface area contributed by atoms with Gasteiger partial charge in [0.25, 0.3) is 11.8 Å². The van der Waals surface area contributed by atoms with Crippen molar-refractivity contribution in [2.45, 2.75) is 32.2 Å². The van der Waals surface area contributed by atoms with E-state index in [1.165, 1.54) is 4.90 Å². The number of carbonyl (C=O) groups excluding carboxylic acids is 1. The minimum atomic E-state index is -0.948. The van der Waals surface area contributed by atoms with Crippen LogP contribution in [0, 0.1) is 6.92 Å². The Hall–Kier alpha value is -2.70. The zero-order valence-corrected chi connectivity index (χ0v) is 12.7. The van der Waals surface area contributed by atoms with Crippen LogP contribution in [0.2, 0.25) is 0 Å². The summed E-state index contributed by atoms with van der Waals surface area (Å²) in [6, 6.07) is 6.02. The fourth-order valence-corrected chi connectivity index (χ4v) is 2.77. The summed E-state index contributed by atoms with van der Waals surface area (Å²) < 4.78 is 5.08. The second kappa shape index (κ2) is 6.20. The number of aryl methyl sites for hydroxylation is 1. The largest absolute Gasteiger partial charge is 0.480 e. The number of carboxylic acids is 1. The van der Waals surface area contributed by atoms with Gasteiger partial charge in [-0.3, -0.25) is 4.79 Å². The molecule has 0 bridgehead atoms. The number of carboxylic acid groups (broad SMARTS) is 1. The third kappa shape index (κ3) is 3.08. The van der Waals surface area contributed by atoms with Crippen LogP contribution in [-0.4, -0.2) is 44.6 Å². The van der Waals surface area contributed by atoms with Gasteiger partial charge in [-0.2, -0.15) is 4.98 Å². The Kier molecular flexibility index (Phi) is 4.10. The first kappa shape index (κ1) is 15.2. The summed E-state index contributed by atoms with van der Waals surface area (Å²) in [6.07, 6.45) is 2.16. The highest BCUT2D eigenvalue weighted by molar-refractivity contribution is 5.97. The van der Waals surface area contributed by atoms with E-state index in [1.807, 2.05) is 0 Å². The third-order valence-electron chi connectivity index (χ3n) is 3.96. The van der Waals surface area contributed by atoms with Crippen LogP contribution in [0.25, 0.3) is 11.5 Å². The maximum atomic E-state index is 12.6. The summed E-state index contributed by atoms with van der Waals surface area (Å²) in [5.74, 6) is -0.276. The zero-order valence-electron chi connectivity index (χ0n) is 12.7. The molecule has 2 heterocycles. The number of aliphatic carboxylic acids is 1. The average Bonchev–Trinajstić information content (AvgIpc) is 3.01. The molecular weight excluding hydrogens is 298 g/mol. The fraction of sp³-hybridized carbons (Fsp3) is 0.375. The van der Waals surface area contributed by atoms with Gasteiger partial charge >= 0.3 is 5.97 Å². The molecule has 1 aromatic heterocycles. The number of rotatable bonds is 3. The molecule has 0 spiro atoms. The van der Waals surface area contributed by atoms with Crippen molar-refractivity contribution in [1.82, 2.24) is 15.0 Å². The molecule has 1 aliphatic heterocycles. The van der Waals surface area contributed by atoms with Gasteiger partial charge < -0.3 is 14.5 Å². The molecule has 7 nitrogen and oxygen atoms in total. The Morgan fingerprint density at radius 3 is 2.61 bits per heavy atom. The van der Waals surface area contributed by atoms with E-state index >= 15 is 0 Å². The summed E-state index contributed by atoms with van der Waals surface area (Å²) in [5.41, 5.74) is 1.17. The normalized spacial score (nSPS) is 18.0. The van der Waals surface area contributed by atoms with Gasteiger partial charge in [0, 0.05) is 17.7 Å². The van der Waals surface area contributed by atoms with E-state index in [4.69, 9.17) is 4.52 Å². The highest BCUT2D eigenvalue weighted by Gasteiger charge is 2.32. The van der Waals surface area contributed by atoms with Gasteiger partial charge in [0.1, 0.15) is 6.04 Å². The predicted molar refractivity (Wildman–Crippen MR) is 80.8 cm³/mol. The molecule has 1 fully saturated rings. The van der Waals surface area contributed by atoms with Crippen molar-refractivity contribution in [1.29, 1.82) is 0 Å². The van der Waals surface area contributed by atoms with Crippen LogP contribution in [-0.2, 0) is 4.79 Å². The number of benzene rings is 1. The van der Waals surface area contributed by atoms with Crippen molar-refractivity contribution in [2.75, 3.05) is 6.54 Å². The lowest BCUT2D eigenvalue weighted by Crippen LogP contribution is -2.47. The Morgan fingerprint density at radius 2 is 2.00 bits per heavy atom. The van der Waals surface area contributed by atoms with Crippen molar-refractivity contribution in [2.24, 2.45) is 0 Å². The molecule has 2 aromatic rings. The lowest BCUT2D eigenvalue weighted by Gasteiger charge is -2.33. The Balaban J connectivity index is 1.80. The molecule has 7 heteroatoms. The van der Waals surface area contributed by atoms with Crippen LogP contribution in [0.1, 0.15) is 35.4 Å². The molecule has 120 valence electrons. The van der Waals surface area contributed by atoms with E-state index in [-0.39, 0.29) is 5.91 Å². The first-order valence-corrected chi connectivity index (χ1v) is 7.51. The lowest BCUT2D eigenvalue weighted by atomic mass is 10.0. The molecule has 23 heavy (non-hydrogen) atoms. The van der Waals surface area contributed by atoms with Crippen LogP contribution in [0.4, 0.5) is 0 Å². The first-order valence-electron chi connectivity index (χ1n) is 7.51. The SMILES string of the molecule is Cc1noc(-c2ccc(C(=O)N3CCCCC3C(=O)O)cc2)n1. The summed E-state index contributed by atoms with van der Waals surface area (Å²) in [6.45, 7) is 2.20. The van der Waals surface area contributed by atoms with Crippen molar-refractivity contribution in [3.05, 3.63) is 35.7 Å². The van der Waals surface area contributed by atoms with Gasteiger partial charge in [0.15, 0.2) is 5.82 Å². The molecule has 1 N–H and O–H groups in total. The van der Waals surface area contributed by atoms with Crippen LogP contribution >= 0.6 is 0 Å². The number of likely N-dealkylation sites (tertiary alicyclic amines) is 1. The van der Waals surface area contributed by atoms with Gasteiger partial charge in [-0.15, -0.1) is 0 Å². The van der Waals surface area contributed by atoms with E-state index in [0.29, 0.717) is 30.2 Å². The first-order chi connectivity index (χ1) is 11.1. The van der Waals surface area contributed by atoms with E-state index in [1.54, 1.807) is 31.2 Å². The van der Waals surface area contributed by atoms with Crippen molar-refractivity contribution >= 4 is 11.9 Å². The third-order valence-corrected chi connectivity index (χ3v) is 3.96. The number of amides is 1. The number of carbonyl (C=O) groups is 2. The highest BCUT2D eigenvalue weighted by Crippen LogP contribution is 2.22. The van der Waals surface area contributed by atoms with E-state index in [2.05, 4.69) is 10.1 Å². The molecular formula is C16H17N3O4. The number of piperidine rings is 1. The Labute approximate surface area is 132 Å². The van der Waals surface area contributed by atoms with Crippen molar-refractivity contribution in [3.8, 4) is 11.5 Å². The molecule has 1 unspecified atom stereocenters. The van der Waals surface area contributed by atoms with E-state index in [9.17, 15) is 14.7 Å². The Morgan fingerprint density at radius 1 is 1.26 bits per heavy atom. The lowest BCUT2D eigenvalue weighted by molar-refractivity contribution is -0.143. The maximum absolute atomic E-state index is 12.6. The predicted octanol–water partition coefficient (Wildman–Crippen LogP) is 2.12. The summed E-state index contributed by atoms with van der Waals surface area (Å²) >= 11 is 0. The Bertz CT molecular complexity index is 723. The molecule has 3 rings (SSSR count). The van der Waals surface area contributed by atoms with Crippen LogP contribution < -0.4 is 0 Å². The maximum Gasteiger partial charge on any atom is 0.326 e. The zero-order chi connectivity index (χ0) is 16.4.